The molecule has 1 rings (SSSR count). The highest BCUT2D eigenvalue weighted by Gasteiger charge is 2.38. The van der Waals surface area contributed by atoms with Crippen molar-refractivity contribution < 1.29 is 4.39 Å². The van der Waals surface area contributed by atoms with Crippen molar-refractivity contribution in [1.82, 2.24) is 0 Å². The smallest absolute Gasteiger partial charge is 0.126 e. The molecule has 0 aromatic heterocycles. The highest BCUT2D eigenvalue weighted by Crippen LogP contribution is 2.39. The number of rotatable bonds is 4. The molecule has 2 N–H and O–H groups in total. The van der Waals surface area contributed by atoms with Crippen LogP contribution in [0.2, 0.25) is 0 Å². The zero-order valence-electron chi connectivity index (χ0n) is 9.56. The van der Waals surface area contributed by atoms with E-state index in [2.05, 4.69) is 6.92 Å². The Bertz CT molecular complexity index is 172. The summed E-state index contributed by atoms with van der Waals surface area (Å²) in [6.07, 6.45) is 6.07. The van der Waals surface area contributed by atoms with Crippen LogP contribution in [0.5, 0.6) is 0 Å². The molecular weight excluding hydrogens is 177 g/mol. The van der Waals surface area contributed by atoms with Crippen molar-refractivity contribution in [2.75, 3.05) is 6.54 Å². The zero-order chi connectivity index (χ0) is 10.6. The standard InChI is InChI=1S/C12H24FN/c1-3-7-12(13,9-14)11-6-4-5-10(2)8-11/h10-11H,3-9,14H2,1-2H3. The van der Waals surface area contributed by atoms with E-state index in [0.717, 1.165) is 19.3 Å². The fraction of sp³-hybridized carbons (Fsp3) is 1.00. The molecule has 3 atom stereocenters. The van der Waals surface area contributed by atoms with E-state index in [9.17, 15) is 4.39 Å². The van der Waals surface area contributed by atoms with E-state index in [4.69, 9.17) is 5.73 Å². The van der Waals surface area contributed by atoms with Gasteiger partial charge in [0.05, 0.1) is 0 Å². The lowest BCUT2D eigenvalue weighted by Crippen LogP contribution is -2.42. The lowest BCUT2D eigenvalue weighted by atomic mass is 9.72. The predicted molar refractivity (Wildman–Crippen MR) is 58.9 cm³/mol. The number of hydrogen-bond donors (Lipinski definition) is 1. The Morgan fingerprint density at radius 3 is 2.64 bits per heavy atom. The molecule has 1 fully saturated rings. The van der Waals surface area contributed by atoms with Gasteiger partial charge in [0.2, 0.25) is 0 Å². The van der Waals surface area contributed by atoms with Gasteiger partial charge in [-0.2, -0.15) is 0 Å². The maximum absolute atomic E-state index is 14.5. The second kappa shape index (κ2) is 5.11. The molecule has 84 valence electrons. The SMILES string of the molecule is CCCC(F)(CN)C1CCCC(C)C1. The Morgan fingerprint density at radius 1 is 1.43 bits per heavy atom. The van der Waals surface area contributed by atoms with Crippen molar-refractivity contribution in [2.24, 2.45) is 17.6 Å². The van der Waals surface area contributed by atoms with Gasteiger partial charge >= 0.3 is 0 Å². The van der Waals surface area contributed by atoms with Gasteiger partial charge in [-0.15, -0.1) is 0 Å². The molecule has 2 heteroatoms. The minimum atomic E-state index is -1.08. The van der Waals surface area contributed by atoms with Gasteiger partial charge in [0.15, 0.2) is 0 Å². The Morgan fingerprint density at radius 2 is 2.14 bits per heavy atom. The molecule has 1 nitrogen and oxygen atoms in total. The summed E-state index contributed by atoms with van der Waals surface area (Å²) < 4.78 is 14.5. The van der Waals surface area contributed by atoms with Crippen LogP contribution in [-0.2, 0) is 0 Å². The summed E-state index contributed by atoms with van der Waals surface area (Å²) in [5.41, 5.74) is 4.51. The molecule has 1 saturated carbocycles. The Hall–Kier alpha value is -0.110. The van der Waals surface area contributed by atoms with Crippen molar-refractivity contribution in [1.29, 1.82) is 0 Å². The van der Waals surface area contributed by atoms with Crippen LogP contribution >= 0.6 is 0 Å². The van der Waals surface area contributed by atoms with Crippen molar-refractivity contribution in [2.45, 2.75) is 58.0 Å². The third kappa shape index (κ3) is 2.69. The van der Waals surface area contributed by atoms with Crippen LogP contribution < -0.4 is 5.73 Å². The summed E-state index contributed by atoms with van der Waals surface area (Å²) in [4.78, 5) is 0. The van der Waals surface area contributed by atoms with E-state index in [1.54, 1.807) is 0 Å². The van der Waals surface area contributed by atoms with Gasteiger partial charge in [-0.3, -0.25) is 0 Å². The highest BCUT2D eigenvalue weighted by molar-refractivity contribution is 4.90. The molecule has 0 aliphatic heterocycles. The molecule has 3 unspecified atom stereocenters. The minimum absolute atomic E-state index is 0.207. The van der Waals surface area contributed by atoms with Crippen molar-refractivity contribution in [3.8, 4) is 0 Å². The quantitative estimate of drug-likeness (QED) is 0.742. The molecule has 14 heavy (non-hydrogen) atoms. The normalized spacial score (nSPS) is 32.6. The summed E-state index contributed by atoms with van der Waals surface area (Å²) in [7, 11) is 0. The highest BCUT2D eigenvalue weighted by atomic mass is 19.1. The van der Waals surface area contributed by atoms with Crippen LogP contribution in [0.15, 0.2) is 0 Å². The molecular formula is C12H24FN. The van der Waals surface area contributed by atoms with Gasteiger partial charge in [-0.25, -0.2) is 4.39 Å². The maximum atomic E-state index is 14.5. The largest absolute Gasteiger partial charge is 0.328 e. The Kier molecular flexibility index (Phi) is 4.36. The van der Waals surface area contributed by atoms with Gasteiger partial charge in [-0.05, 0) is 31.1 Å². The minimum Gasteiger partial charge on any atom is -0.328 e. The molecule has 0 radical (unpaired) electrons. The van der Waals surface area contributed by atoms with Gasteiger partial charge in [0.1, 0.15) is 5.67 Å². The van der Waals surface area contributed by atoms with Crippen molar-refractivity contribution >= 4 is 0 Å². The Balaban J connectivity index is 2.58. The Labute approximate surface area is 87.3 Å². The number of alkyl halides is 1. The number of nitrogens with two attached hydrogens (primary N) is 1. The fourth-order valence-electron chi connectivity index (χ4n) is 2.79. The van der Waals surface area contributed by atoms with E-state index >= 15 is 0 Å². The monoisotopic (exact) mass is 201 g/mol. The van der Waals surface area contributed by atoms with E-state index < -0.39 is 5.67 Å². The lowest BCUT2D eigenvalue weighted by molar-refractivity contribution is 0.0420. The van der Waals surface area contributed by atoms with E-state index in [-0.39, 0.29) is 12.5 Å². The summed E-state index contributed by atoms with van der Waals surface area (Å²) >= 11 is 0. The van der Waals surface area contributed by atoms with Crippen LogP contribution in [0, 0.1) is 11.8 Å². The van der Waals surface area contributed by atoms with Gasteiger partial charge in [0, 0.05) is 6.54 Å². The van der Waals surface area contributed by atoms with Crippen LogP contribution in [0.25, 0.3) is 0 Å². The van der Waals surface area contributed by atoms with E-state index in [1.807, 2.05) is 6.92 Å². The van der Waals surface area contributed by atoms with E-state index in [0.29, 0.717) is 12.3 Å². The molecule has 0 aromatic carbocycles. The second-order valence-corrected chi connectivity index (χ2v) is 4.96. The van der Waals surface area contributed by atoms with Crippen LogP contribution in [0.4, 0.5) is 4.39 Å². The van der Waals surface area contributed by atoms with Gasteiger partial charge in [-0.1, -0.05) is 33.1 Å². The first-order valence-electron chi connectivity index (χ1n) is 6.01. The van der Waals surface area contributed by atoms with Crippen molar-refractivity contribution in [3.05, 3.63) is 0 Å². The second-order valence-electron chi connectivity index (χ2n) is 4.96. The molecule has 0 spiro atoms. The molecule has 0 bridgehead atoms. The summed E-state index contributed by atoms with van der Waals surface area (Å²) in [6, 6.07) is 0. The topological polar surface area (TPSA) is 26.0 Å². The van der Waals surface area contributed by atoms with Crippen LogP contribution in [-0.4, -0.2) is 12.2 Å². The van der Waals surface area contributed by atoms with E-state index in [1.165, 1.54) is 12.8 Å². The van der Waals surface area contributed by atoms with Crippen molar-refractivity contribution in [3.63, 3.8) is 0 Å². The first kappa shape index (κ1) is 12.0. The van der Waals surface area contributed by atoms with Gasteiger partial charge in [0.25, 0.3) is 0 Å². The molecule has 0 saturated heterocycles. The fourth-order valence-corrected chi connectivity index (χ4v) is 2.79. The molecule has 0 aromatic rings. The molecule has 0 heterocycles. The molecule has 1 aliphatic carbocycles. The van der Waals surface area contributed by atoms with Gasteiger partial charge < -0.3 is 5.73 Å². The number of halogens is 1. The lowest BCUT2D eigenvalue weighted by Gasteiger charge is -2.37. The summed E-state index contributed by atoms with van der Waals surface area (Å²) in [5.74, 6) is 0.906. The summed E-state index contributed by atoms with van der Waals surface area (Å²) in [5, 5.41) is 0. The third-order valence-corrected chi connectivity index (χ3v) is 3.67. The predicted octanol–water partition coefficient (Wildman–Crippen LogP) is 3.28. The van der Waals surface area contributed by atoms with Crippen LogP contribution in [0.3, 0.4) is 0 Å². The first-order valence-corrected chi connectivity index (χ1v) is 6.01. The average molecular weight is 201 g/mol. The molecule has 0 amide bonds. The third-order valence-electron chi connectivity index (χ3n) is 3.67. The average Bonchev–Trinajstić information content (AvgIpc) is 2.18. The summed E-state index contributed by atoms with van der Waals surface area (Å²) in [6.45, 7) is 4.48. The zero-order valence-corrected chi connectivity index (χ0v) is 9.56. The number of hydrogen-bond acceptors (Lipinski definition) is 1. The maximum Gasteiger partial charge on any atom is 0.126 e. The molecule has 1 aliphatic rings. The first-order chi connectivity index (χ1) is 6.62. The van der Waals surface area contributed by atoms with Crippen LogP contribution in [0.1, 0.15) is 52.4 Å².